The maximum atomic E-state index is 12.3. The third-order valence-corrected chi connectivity index (χ3v) is 4.44. The third-order valence-electron chi connectivity index (χ3n) is 4.44. The Labute approximate surface area is 154 Å². The zero-order chi connectivity index (χ0) is 18.2. The predicted octanol–water partition coefficient (Wildman–Crippen LogP) is 3.21. The van der Waals surface area contributed by atoms with Crippen molar-refractivity contribution in [3.8, 4) is 0 Å². The Morgan fingerprint density at radius 3 is 2.54 bits per heavy atom. The van der Waals surface area contributed by atoms with Crippen molar-refractivity contribution in [2.75, 3.05) is 20.1 Å². The molecule has 1 N–H and O–H groups in total. The molecule has 3 rings (SSSR count). The quantitative estimate of drug-likeness (QED) is 0.511. The van der Waals surface area contributed by atoms with Crippen molar-refractivity contribution in [1.82, 2.24) is 10.2 Å². The fourth-order valence-electron chi connectivity index (χ4n) is 3.06. The minimum Gasteiger partial charge on any atom is -0.457 e. The first-order chi connectivity index (χ1) is 12.8. The highest BCUT2D eigenvalue weighted by Gasteiger charge is 2.15. The van der Waals surface area contributed by atoms with Crippen molar-refractivity contribution in [3.63, 3.8) is 0 Å². The normalized spacial score (nSPS) is 14.3. The molecule has 2 aromatic rings. The Hall–Kier alpha value is -2.82. The molecule has 0 amide bonds. The van der Waals surface area contributed by atoms with E-state index >= 15 is 0 Å². The van der Waals surface area contributed by atoms with E-state index in [0.29, 0.717) is 12.1 Å². The summed E-state index contributed by atoms with van der Waals surface area (Å²) < 4.78 is 5.41. The number of esters is 1. The molecule has 0 aromatic heterocycles. The number of carbonyl (C=O) groups excluding carboxylic acids is 1. The van der Waals surface area contributed by atoms with Crippen LogP contribution in [0.5, 0.6) is 0 Å². The van der Waals surface area contributed by atoms with Crippen LogP contribution in [0.2, 0.25) is 0 Å². The number of likely N-dealkylation sites (tertiary alicyclic amines) is 1. The van der Waals surface area contributed by atoms with Gasteiger partial charge in [-0.3, -0.25) is 4.99 Å². The molecule has 0 saturated carbocycles. The number of nitrogens with zero attached hydrogens (tertiary/aromatic N) is 2. The van der Waals surface area contributed by atoms with Crippen molar-refractivity contribution in [1.29, 1.82) is 0 Å². The molecule has 0 bridgehead atoms. The highest BCUT2D eigenvalue weighted by Crippen LogP contribution is 2.11. The summed E-state index contributed by atoms with van der Waals surface area (Å²) in [6.45, 7) is 3.00. The van der Waals surface area contributed by atoms with Gasteiger partial charge in [-0.25, -0.2) is 4.79 Å². The van der Waals surface area contributed by atoms with E-state index in [1.165, 1.54) is 12.8 Å². The highest BCUT2D eigenvalue weighted by molar-refractivity contribution is 5.89. The third kappa shape index (κ3) is 4.85. The largest absolute Gasteiger partial charge is 0.457 e. The molecule has 0 atom stereocenters. The van der Waals surface area contributed by atoms with Crippen LogP contribution in [0.25, 0.3) is 0 Å². The van der Waals surface area contributed by atoms with Gasteiger partial charge in [0.15, 0.2) is 5.96 Å². The van der Waals surface area contributed by atoms with Crippen molar-refractivity contribution in [3.05, 3.63) is 71.3 Å². The molecular formula is C21H25N3O2. The van der Waals surface area contributed by atoms with E-state index < -0.39 is 0 Å². The average Bonchev–Trinajstić information content (AvgIpc) is 3.22. The zero-order valence-corrected chi connectivity index (χ0v) is 15.1. The molecule has 26 heavy (non-hydrogen) atoms. The van der Waals surface area contributed by atoms with Crippen LogP contribution in [-0.2, 0) is 17.9 Å². The van der Waals surface area contributed by atoms with Gasteiger partial charge in [0.05, 0.1) is 5.56 Å². The van der Waals surface area contributed by atoms with Crippen LogP contribution in [0.15, 0.2) is 59.6 Å². The maximum absolute atomic E-state index is 12.3. The number of hydrogen-bond donors (Lipinski definition) is 1. The Bertz CT molecular complexity index is 753. The molecule has 0 aliphatic carbocycles. The van der Waals surface area contributed by atoms with E-state index in [0.717, 1.165) is 30.2 Å². The number of rotatable bonds is 5. The van der Waals surface area contributed by atoms with Crippen molar-refractivity contribution in [2.24, 2.45) is 4.99 Å². The lowest BCUT2D eigenvalue weighted by atomic mass is 10.1. The lowest BCUT2D eigenvalue weighted by Crippen LogP contribution is -2.39. The number of nitrogens with one attached hydrogen (secondary N) is 1. The summed E-state index contributed by atoms with van der Waals surface area (Å²) in [5.74, 6) is 0.610. The van der Waals surface area contributed by atoms with Crippen LogP contribution in [0, 0.1) is 0 Å². The molecule has 1 aliphatic rings. The molecule has 1 heterocycles. The van der Waals surface area contributed by atoms with Crippen LogP contribution in [0.4, 0.5) is 0 Å². The molecule has 1 saturated heterocycles. The predicted molar refractivity (Wildman–Crippen MR) is 103 cm³/mol. The molecule has 5 heteroatoms. The Balaban J connectivity index is 1.56. The fraction of sp³-hybridized carbons (Fsp3) is 0.333. The lowest BCUT2D eigenvalue weighted by Gasteiger charge is -2.20. The summed E-state index contributed by atoms with van der Waals surface area (Å²) in [6.07, 6.45) is 2.42. The first-order valence-electron chi connectivity index (χ1n) is 9.02. The Morgan fingerprint density at radius 2 is 1.81 bits per heavy atom. The molecule has 2 aromatic carbocycles. The van der Waals surface area contributed by atoms with Crippen LogP contribution < -0.4 is 5.32 Å². The standard InChI is InChI=1S/C21H25N3O2/c1-22-21(24-12-5-6-13-24)23-15-18-10-7-11-19(14-18)20(25)26-16-17-8-3-2-4-9-17/h2-4,7-11,14H,5-6,12-13,15-16H2,1H3,(H,22,23). The fourth-order valence-corrected chi connectivity index (χ4v) is 3.06. The number of aliphatic imine (C=N–C) groups is 1. The van der Waals surface area contributed by atoms with Crippen LogP contribution in [-0.4, -0.2) is 37.0 Å². The van der Waals surface area contributed by atoms with Gasteiger partial charge in [-0.05, 0) is 36.1 Å². The van der Waals surface area contributed by atoms with Gasteiger partial charge in [-0.15, -0.1) is 0 Å². The van der Waals surface area contributed by atoms with Gasteiger partial charge in [0, 0.05) is 26.7 Å². The van der Waals surface area contributed by atoms with Crippen LogP contribution >= 0.6 is 0 Å². The molecule has 0 radical (unpaired) electrons. The van der Waals surface area contributed by atoms with Gasteiger partial charge < -0.3 is 15.0 Å². The minimum absolute atomic E-state index is 0.281. The summed E-state index contributed by atoms with van der Waals surface area (Å²) in [5, 5.41) is 3.38. The number of ether oxygens (including phenoxy) is 1. The molecule has 0 spiro atoms. The van der Waals surface area contributed by atoms with E-state index in [1.54, 1.807) is 13.1 Å². The molecule has 136 valence electrons. The number of carbonyl (C=O) groups is 1. The summed E-state index contributed by atoms with van der Waals surface area (Å²) in [4.78, 5) is 18.9. The molecule has 0 unspecified atom stereocenters. The van der Waals surface area contributed by atoms with Gasteiger partial charge in [0.25, 0.3) is 0 Å². The zero-order valence-electron chi connectivity index (χ0n) is 15.1. The second kappa shape index (κ2) is 9.04. The van der Waals surface area contributed by atoms with E-state index in [9.17, 15) is 4.79 Å². The number of guanidine groups is 1. The summed E-state index contributed by atoms with van der Waals surface area (Å²) in [6, 6.07) is 17.2. The molecule has 1 aliphatic heterocycles. The number of hydrogen-bond acceptors (Lipinski definition) is 3. The lowest BCUT2D eigenvalue weighted by molar-refractivity contribution is 0.0472. The summed E-state index contributed by atoms with van der Waals surface area (Å²) in [7, 11) is 1.80. The smallest absolute Gasteiger partial charge is 0.338 e. The van der Waals surface area contributed by atoms with Gasteiger partial charge >= 0.3 is 5.97 Å². The van der Waals surface area contributed by atoms with Crippen molar-refractivity contribution in [2.45, 2.75) is 26.0 Å². The molecule has 1 fully saturated rings. The van der Waals surface area contributed by atoms with E-state index in [1.807, 2.05) is 48.5 Å². The molecular weight excluding hydrogens is 326 g/mol. The topological polar surface area (TPSA) is 53.9 Å². The summed E-state index contributed by atoms with van der Waals surface area (Å²) >= 11 is 0. The molecule has 5 nitrogen and oxygen atoms in total. The van der Waals surface area contributed by atoms with Crippen molar-refractivity contribution < 1.29 is 9.53 Å². The van der Waals surface area contributed by atoms with Gasteiger partial charge in [-0.1, -0.05) is 42.5 Å². The first kappa shape index (κ1) is 18.0. The van der Waals surface area contributed by atoms with Crippen LogP contribution in [0.3, 0.4) is 0 Å². The SMILES string of the molecule is CN=C(NCc1cccc(C(=O)OCc2ccccc2)c1)N1CCCC1. The first-order valence-corrected chi connectivity index (χ1v) is 9.02. The number of benzene rings is 2. The van der Waals surface area contributed by atoms with Crippen LogP contribution in [0.1, 0.15) is 34.3 Å². The van der Waals surface area contributed by atoms with Gasteiger partial charge in [-0.2, -0.15) is 0 Å². The summed E-state index contributed by atoms with van der Waals surface area (Å²) in [5.41, 5.74) is 2.57. The Morgan fingerprint density at radius 1 is 1.08 bits per heavy atom. The van der Waals surface area contributed by atoms with E-state index in [2.05, 4.69) is 15.2 Å². The minimum atomic E-state index is -0.306. The maximum Gasteiger partial charge on any atom is 0.338 e. The second-order valence-corrected chi connectivity index (χ2v) is 6.36. The Kier molecular flexibility index (Phi) is 6.25. The average molecular weight is 351 g/mol. The van der Waals surface area contributed by atoms with E-state index in [-0.39, 0.29) is 12.6 Å². The van der Waals surface area contributed by atoms with Crippen molar-refractivity contribution >= 4 is 11.9 Å². The van der Waals surface area contributed by atoms with E-state index in [4.69, 9.17) is 4.74 Å². The monoisotopic (exact) mass is 351 g/mol. The van der Waals surface area contributed by atoms with Gasteiger partial charge in [0.2, 0.25) is 0 Å². The highest BCUT2D eigenvalue weighted by atomic mass is 16.5. The van der Waals surface area contributed by atoms with Gasteiger partial charge in [0.1, 0.15) is 6.61 Å². The second-order valence-electron chi connectivity index (χ2n) is 6.36.